The second-order valence-corrected chi connectivity index (χ2v) is 9.26. The Morgan fingerprint density at radius 2 is 2.10 bits per heavy atom. The second-order valence-electron chi connectivity index (χ2n) is 9.26. The molecule has 31 heavy (non-hydrogen) atoms. The lowest BCUT2D eigenvalue weighted by Gasteiger charge is -2.40. The Balaban J connectivity index is 1.34. The smallest absolute Gasteiger partial charge is 0.222 e. The van der Waals surface area contributed by atoms with Crippen molar-refractivity contribution in [2.24, 2.45) is 5.41 Å². The third kappa shape index (κ3) is 4.76. The van der Waals surface area contributed by atoms with E-state index in [0.717, 1.165) is 62.4 Å². The maximum Gasteiger partial charge on any atom is 0.222 e. The fourth-order valence-corrected chi connectivity index (χ4v) is 5.13. The van der Waals surface area contributed by atoms with Crippen LogP contribution in [-0.2, 0) is 17.8 Å². The van der Waals surface area contributed by atoms with Crippen LogP contribution in [0.1, 0.15) is 48.2 Å². The van der Waals surface area contributed by atoms with Crippen LogP contribution in [0.5, 0.6) is 5.75 Å². The van der Waals surface area contributed by atoms with E-state index in [1.807, 2.05) is 18.7 Å². The van der Waals surface area contributed by atoms with Crippen LogP contribution in [0.2, 0.25) is 0 Å². The number of halogens is 1. The monoisotopic (exact) mass is 428 g/mol. The van der Waals surface area contributed by atoms with Gasteiger partial charge in [0.25, 0.3) is 0 Å². The molecule has 2 aliphatic rings. The highest BCUT2D eigenvalue weighted by Crippen LogP contribution is 2.39. The van der Waals surface area contributed by atoms with Gasteiger partial charge in [-0.3, -0.25) is 14.8 Å². The third-order valence-corrected chi connectivity index (χ3v) is 7.11. The zero-order valence-corrected chi connectivity index (χ0v) is 18.8. The van der Waals surface area contributed by atoms with E-state index in [1.165, 1.54) is 6.07 Å². The molecule has 1 aromatic carbocycles. The number of amides is 1. The number of methoxy groups -OCH3 is 1. The molecular formula is C24H33FN4O2. The molecule has 2 aromatic rings. The molecule has 1 unspecified atom stereocenters. The van der Waals surface area contributed by atoms with Crippen LogP contribution in [0.3, 0.4) is 0 Å². The summed E-state index contributed by atoms with van der Waals surface area (Å²) < 4.78 is 19.6. The van der Waals surface area contributed by atoms with Gasteiger partial charge >= 0.3 is 0 Å². The van der Waals surface area contributed by atoms with Crippen LogP contribution in [0.25, 0.3) is 0 Å². The normalized spacial score (nSPS) is 21.7. The van der Waals surface area contributed by atoms with Gasteiger partial charge in [0.1, 0.15) is 11.6 Å². The molecule has 1 amide bonds. The topological polar surface area (TPSA) is 61.5 Å². The van der Waals surface area contributed by atoms with E-state index in [1.54, 1.807) is 19.2 Å². The third-order valence-electron chi connectivity index (χ3n) is 7.11. The maximum absolute atomic E-state index is 14.3. The fraction of sp³-hybridized carbons (Fsp3) is 0.583. The average Bonchev–Trinajstić information content (AvgIpc) is 3.31. The largest absolute Gasteiger partial charge is 0.497 e. The lowest BCUT2D eigenvalue weighted by atomic mass is 9.79. The minimum atomic E-state index is -0.187. The summed E-state index contributed by atoms with van der Waals surface area (Å²) in [7, 11) is 1.60. The van der Waals surface area contributed by atoms with Crippen molar-refractivity contribution in [1.29, 1.82) is 0 Å². The predicted molar refractivity (Wildman–Crippen MR) is 117 cm³/mol. The van der Waals surface area contributed by atoms with Crippen molar-refractivity contribution in [3.63, 3.8) is 0 Å². The van der Waals surface area contributed by atoms with E-state index in [-0.39, 0.29) is 17.1 Å². The number of ether oxygens (including phenoxy) is 1. The summed E-state index contributed by atoms with van der Waals surface area (Å²) >= 11 is 0. The zero-order valence-electron chi connectivity index (χ0n) is 18.8. The van der Waals surface area contributed by atoms with E-state index in [9.17, 15) is 9.18 Å². The van der Waals surface area contributed by atoms with E-state index in [0.29, 0.717) is 30.7 Å². The van der Waals surface area contributed by atoms with Gasteiger partial charge in [-0.15, -0.1) is 0 Å². The van der Waals surface area contributed by atoms with Crippen molar-refractivity contribution in [3.8, 4) is 5.75 Å². The Labute approximate surface area is 183 Å². The summed E-state index contributed by atoms with van der Waals surface area (Å²) in [5.74, 6) is 0.712. The molecular weight excluding hydrogens is 395 g/mol. The first kappa shape index (κ1) is 21.8. The minimum Gasteiger partial charge on any atom is -0.497 e. The number of nitrogens with one attached hydrogen (secondary N) is 1. The summed E-state index contributed by atoms with van der Waals surface area (Å²) in [4.78, 5) is 17.2. The molecule has 4 rings (SSSR count). The molecule has 6 nitrogen and oxygen atoms in total. The van der Waals surface area contributed by atoms with Gasteiger partial charge in [0.2, 0.25) is 5.91 Å². The number of piperidine rings is 1. The van der Waals surface area contributed by atoms with Crippen LogP contribution in [0, 0.1) is 25.1 Å². The number of hydrogen-bond acceptors (Lipinski definition) is 4. The first-order valence-corrected chi connectivity index (χ1v) is 11.2. The molecule has 0 saturated carbocycles. The number of aromatic amines is 1. The van der Waals surface area contributed by atoms with E-state index in [4.69, 9.17) is 4.74 Å². The molecule has 2 saturated heterocycles. The van der Waals surface area contributed by atoms with E-state index < -0.39 is 0 Å². The molecule has 7 heteroatoms. The number of benzene rings is 1. The molecule has 1 N–H and O–H groups in total. The first-order valence-electron chi connectivity index (χ1n) is 11.2. The van der Waals surface area contributed by atoms with E-state index in [2.05, 4.69) is 15.1 Å². The second kappa shape index (κ2) is 8.99. The van der Waals surface area contributed by atoms with Gasteiger partial charge in [0, 0.05) is 55.7 Å². The number of carbonyl (C=O) groups is 1. The molecule has 1 atom stereocenters. The van der Waals surface area contributed by atoms with Crippen molar-refractivity contribution in [1.82, 2.24) is 20.0 Å². The minimum absolute atomic E-state index is 0.127. The number of aromatic nitrogens is 2. The van der Waals surface area contributed by atoms with Gasteiger partial charge in [-0.25, -0.2) is 4.39 Å². The molecule has 2 aliphatic heterocycles. The van der Waals surface area contributed by atoms with Crippen LogP contribution in [0.15, 0.2) is 18.2 Å². The number of hydrogen-bond donors (Lipinski definition) is 1. The van der Waals surface area contributed by atoms with Crippen LogP contribution < -0.4 is 4.74 Å². The van der Waals surface area contributed by atoms with Crippen LogP contribution >= 0.6 is 0 Å². The Kier molecular flexibility index (Phi) is 6.32. The molecule has 168 valence electrons. The number of H-pyrrole nitrogens is 1. The standard InChI is InChI=1S/C24H33FN4O2/c1-17-18(2)26-27-22(17)7-8-23(30)29-12-10-24(16-29)9-4-11-28(15-24)14-19-13-20(31-3)5-6-21(19)25/h5-6,13H,4,7-12,14-16H2,1-3H3,(H,26,27). The molecule has 1 aromatic heterocycles. The van der Waals surface area contributed by atoms with Gasteiger partial charge in [0.15, 0.2) is 0 Å². The molecule has 0 aliphatic carbocycles. The molecule has 3 heterocycles. The van der Waals surface area contributed by atoms with Crippen LogP contribution in [0.4, 0.5) is 4.39 Å². The number of carbonyl (C=O) groups excluding carboxylic acids is 1. The Hall–Kier alpha value is -2.41. The Morgan fingerprint density at radius 1 is 1.26 bits per heavy atom. The van der Waals surface area contributed by atoms with Crippen molar-refractivity contribution in [3.05, 3.63) is 46.5 Å². The van der Waals surface area contributed by atoms with E-state index >= 15 is 0 Å². The van der Waals surface area contributed by atoms with Gasteiger partial charge < -0.3 is 9.64 Å². The first-order chi connectivity index (χ1) is 14.9. The molecule has 1 spiro atoms. The maximum atomic E-state index is 14.3. The fourth-order valence-electron chi connectivity index (χ4n) is 5.13. The number of likely N-dealkylation sites (tertiary alicyclic amines) is 2. The SMILES string of the molecule is COc1ccc(F)c(CN2CCCC3(CCN(C(=O)CCc4n[nH]c(C)c4C)C3)C2)c1. The predicted octanol–water partition coefficient (Wildman–Crippen LogP) is 3.62. The van der Waals surface area contributed by atoms with Gasteiger partial charge in [0.05, 0.1) is 12.8 Å². The summed E-state index contributed by atoms with van der Waals surface area (Å²) in [5, 5.41) is 7.32. The Morgan fingerprint density at radius 3 is 2.84 bits per heavy atom. The summed E-state index contributed by atoms with van der Waals surface area (Å²) in [5.41, 5.74) is 4.01. The molecule has 2 fully saturated rings. The summed E-state index contributed by atoms with van der Waals surface area (Å²) in [6.45, 7) is 8.13. The van der Waals surface area contributed by atoms with Gasteiger partial charge in [-0.2, -0.15) is 5.10 Å². The molecule has 0 bridgehead atoms. The highest BCUT2D eigenvalue weighted by Gasteiger charge is 2.42. The van der Waals surface area contributed by atoms with Crippen LogP contribution in [-0.4, -0.2) is 59.2 Å². The molecule has 0 radical (unpaired) electrons. The van der Waals surface area contributed by atoms with Crippen molar-refractivity contribution < 1.29 is 13.9 Å². The lowest BCUT2D eigenvalue weighted by Crippen LogP contribution is -2.45. The number of rotatable bonds is 6. The van der Waals surface area contributed by atoms with Crippen molar-refractivity contribution in [2.45, 2.75) is 52.5 Å². The summed E-state index contributed by atoms with van der Waals surface area (Å²) in [6, 6.07) is 4.93. The van der Waals surface area contributed by atoms with Gasteiger partial charge in [-0.1, -0.05) is 0 Å². The number of nitrogens with zero attached hydrogens (tertiary/aromatic N) is 3. The Bertz CT molecular complexity index is 944. The lowest BCUT2D eigenvalue weighted by molar-refractivity contribution is -0.130. The van der Waals surface area contributed by atoms with Gasteiger partial charge in [-0.05, 0) is 63.4 Å². The number of aryl methyl sites for hydroxylation is 2. The van der Waals surface area contributed by atoms with Crippen molar-refractivity contribution in [2.75, 3.05) is 33.3 Å². The highest BCUT2D eigenvalue weighted by molar-refractivity contribution is 5.76. The summed E-state index contributed by atoms with van der Waals surface area (Å²) in [6.07, 6.45) is 4.42. The van der Waals surface area contributed by atoms with Crippen molar-refractivity contribution >= 4 is 5.91 Å². The average molecular weight is 429 g/mol. The highest BCUT2D eigenvalue weighted by atomic mass is 19.1. The quantitative estimate of drug-likeness (QED) is 0.763. The zero-order chi connectivity index (χ0) is 22.0.